The van der Waals surface area contributed by atoms with Crippen LogP contribution in [0.15, 0.2) is 36.5 Å². The number of carbonyl (C=O) groups is 1. The Morgan fingerprint density at radius 1 is 1.29 bits per heavy atom. The third-order valence-corrected chi connectivity index (χ3v) is 4.11. The maximum atomic E-state index is 12.4. The van der Waals surface area contributed by atoms with E-state index in [1.807, 2.05) is 35.1 Å². The highest BCUT2D eigenvalue weighted by molar-refractivity contribution is 5.99. The number of Topliss-reactive ketones (excluding diaryl/α,β-unsaturated/α-hetero) is 1. The van der Waals surface area contributed by atoms with Crippen molar-refractivity contribution in [3.8, 4) is 5.75 Å². The smallest absolute Gasteiger partial charge is 0.172 e. The number of aromatic nitrogens is 2. The Bertz CT molecular complexity index is 627. The van der Waals surface area contributed by atoms with Crippen LogP contribution >= 0.6 is 0 Å². The molecule has 0 spiro atoms. The minimum atomic E-state index is 0.0455. The molecule has 0 atom stereocenters. The van der Waals surface area contributed by atoms with Crippen molar-refractivity contribution in [3.63, 3.8) is 0 Å². The fourth-order valence-electron chi connectivity index (χ4n) is 2.98. The van der Waals surface area contributed by atoms with Crippen molar-refractivity contribution in [1.29, 1.82) is 0 Å². The predicted molar refractivity (Wildman–Crippen MR) is 80.8 cm³/mol. The molecule has 4 nitrogen and oxygen atoms in total. The minimum absolute atomic E-state index is 0.0455. The van der Waals surface area contributed by atoms with Gasteiger partial charge in [-0.3, -0.25) is 9.48 Å². The van der Waals surface area contributed by atoms with Gasteiger partial charge in [0.2, 0.25) is 0 Å². The van der Waals surface area contributed by atoms with Crippen LogP contribution < -0.4 is 4.74 Å². The highest BCUT2D eigenvalue weighted by Gasteiger charge is 2.19. The monoisotopic (exact) mass is 284 g/mol. The second-order valence-electron chi connectivity index (χ2n) is 5.53. The van der Waals surface area contributed by atoms with Gasteiger partial charge in [0.1, 0.15) is 5.75 Å². The van der Waals surface area contributed by atoms with E-state index in [2.05, 4.69) is 5.10 Å². The zero-order valence-corrected chi connectivity index (χ0v) is 12.3. The van der Waals surface area contributed by atoms with Crippen LogP contribution in [0.2, 0.25) is 0 Å². The molecule has 2 aromatic rings. The molecule has 1 aromatic heterocycles. The number of methoxy groups -OCH3 is 1. The van der Waals surface area contributed by atoms with Gasteiger partial charge in [0.05, 0.1) is 30.8 Å². The Morgan fingerprint density at radius 2 is 2.05 bits per heavy atom. The van der Waals surface area contributed by atoms with Crippen molar-refractivity contribution >= 4 is 5.78 Å². The van der Waals surface area contributed by atoms with Crippen LogP contribution in [0.3, 0.4) is 0 Å². The highest BCUT2D eigenvalue weighted by Crippen LogP contribution is 2.29. The van der Waals surface area contributed by atoms with Crippen LogP contribution in [-0.2, 0) is 6.42 Å². The molecule has 0 amide bonds. The summed E-state index contributed by atoms with van der Waals surface area (Å²) in [4.78, 5) is 12.4. The fourth-order valence-corrected chi connectivity index (χ4v) is 2.98. The van der Waals surface area contributed by atoms with Gasteiger partial charge >= 0.3 is 0 Å². The largest absolute Gasteiger partial charge is 0.496 e. The number of benzene rings is 1. The topological polar surface area (TPSA) is 44.1 Å². The Hall–Kier alpha value is -2.10. The average molecular weight is 284 g/mol. The number of para-hydroxylation sites is 1. The molecular weight excluding hydrogens is 264 g/mol. The number of carbonyl (C=O) groups excluding carboxylic acids is 1. The lowest BCUT2D eigenvalue weighted by molar-refractivity contribution is 0.0988. The number of rotatable bonds is 5. The third kappa shape index (κ3) is 2.99. The molecule has 3 rings (SSSR count). The van der Waals surface area contributed by atoms with Gasteiger partial charge in [0.25, 0.3) is 0 Å². The lowest BCUT2D eigenvalue weighted by Gasteiger charge is -2.09. The van der Waals surface area contributed by atoms with Gasteiger partial charge in [-0.05, 0) is 31.0 Å². The van der Waals surface area contributed by atoms with Gasteiger partial charge in [0, 0.05) is 6.20 Å². The number of ether oxygens (including phenoxy) is 1. The molecule has 0 bridgehead atoms. The maximum Gasteiger partial charge on any atom is 0.172 e. The molecule has 21 heavy (non-hydrogen) atoms. The molecule has 0 radical (unpaired) electrons. The Morgan fingerprint density at radius 3 is 2.81 bits per heavy atom. The van der Waals surface area contributed by atoms with Crippen LogP contribution in [0.4, 0.5) is 0 Å². The lowest BCUT2D eigenvalue weighted by Crippen LogP contribution is -2.09. The van der Waals surface area contributed by atoms with Gasteiger partial charge in [-0.15, -0.1) is 0 Å². The molecular formula is C17H20N2O2. The SMILES string of the molecule is COc1ccccc1C(=O)Cc1ccn(C2CCCC2)n1. The molecule has 1 aliphatic rings. The summed E-state index contributed by atoms with van der Waals surface area (Å²) < 4.78 is 7.27. The first kappa shape index (κ1) is 13.9. The molecule has 1 aromatic carbocycles. The van der Waals surface area contributed by atoms with E-state index in [4.69, 9.17) is 4.74 Å². The first-order valence-electron chi connectivity index (χ1n) is 7.48. The second-order valence-corrected chi connectivity index (χ2v) is 5.53. The Labute approximate surface area is 124 Å². The van der Waals surface area contributed by atoms with Crippen molar-refractivity contribution in [2.24, 2.45) is 0 Å². The van der Waals surface area contributed by atoms with Crippen LogP contribution in [0, 0.1) is 0 Å². The number of ketones is 1. The second kappa shape index (κ2) is 6.12. The molecule has 1 heterocycles. The standard InChI is InChI=1S/C17H20N2O2/c1-21-17-9-5-4-8-15(17)16(20)12-13-10-11-19(18-13)14-6-2-3-7-14/h4-5,8-11,14H,2-3,6-7,12H2,1H3. The summed E-state index contributed by atoms with van der Waals surface area (Å²) in [6, 6.07) is 9.79. The molecule has 1 aliphatic carbocycles. The molecule has 1 saturated carbocycles. The summed E-state index contributed by atoms with van der Waals surface area (Å²) in [6.07, 6.45) is 7.27. The molecule has 0 unspecified atom stereocenters. The normalized spacial score (nSPS) is 15.3. The Balaban J connectivity index is 1.72. The van der Waals surface area contributed by atoms with Crippen LogP contribution in [-0.4, -0.2) is 22.7 Å². The number of nitrogens with zero attached hydrogens (tertiary/aromatic N) is 2. The summed E-state index contributed by atoms with van der Waals surface area (Å²) in [5, 5.41) is 4.57. The van der Waals surface area contributed by atoms with E-state index >= 15 is 0 Å². The van der Waals surface area contributed by atoms with Crippen molar-refractivity contribution < 1.29 is 9.53 Å². The van der Waals surface area contributed by atoms with E-state index in [1.54, 1.807) is 13.2 Å². The van der Waals surface area contributed by atoms with Gasteiger partial charge in [-0.25, -0.2) is 0 Å². The van der Waals surface area contributed by atoms with E-state index in [9.17, 15) is 4.79 Å². The Kier molecular flexibility index (Phi) is 4.04. The van der Waals surface area contributed by atoms with Crippen molar-refractivity contribution in [1.82, 2.24) is 9.78 Å². The average Bonchev–Trinajstić information content (AvgIpc) is 3.17. The summed E-state index contributed by atoms with van der Waals surface area (Å²) >= 11 is 0. The van der Waals surface area contributed by atoms with Crippen LogP contribution in [0.25, 0.3) is 0 Å². The van der Waals surface area contributed by atoms with E-state index in [-0.39, 0.29) is 5.78 Å². The maximum absolute atomic E-state index is 12.4. The molecule has 1 fully saturated rings. The van der Waals surface area contributed by atoms with E-state index < -0.39 is 0 Å². The van der Waals surface area contributed by atoms with Crippen molar-refractivity contribution in [2.45, 2.75) is 38.1 Å². The van der Waals surface area contributed by atoms with E-state index in [1.165, 1.54) is 25.7 Å². The van der Waals surface area contributed by atoms with Crippen molar-refractivity contribution in [2.75, 3.05) is 7.11 Å². The summed E-state index contributed by atoms with van der Waals surface area (Å²) in [7, 11) is 1.58. The molecule has 0 N–H and O–H groups in total. The highest BCUT2D eigenvalue weighted by atomic mass is 16.5. The van der Waals surface area contributed by atoms with Crippen molar-refractivity contribution in [3.05, 3.63) is 47.8 Å². The first-order chi connectivity index (χ1) is 10.3. The summed E-state index contributed by atoms with van der Waals surface area (Å²) in [5.41, 5.74) is 1.45. The molecule has 0 saturated heterocycles. The minimum Gasteiger partial charge on any atom is -0.496 e. The van der Waals surface area contributed by atoms with Gasteiger partial charge in [-0.2, -0.15) is 5.10 Å². The van der Waals surface area contributed by atoms with E-state index in [0.717, 1.165) is 5.69 Å². The summed E-state index contributed by atoms with van der Waals surface area (Å²) in [5.74, 6) is 0.668. The molecule has 0 aliphatic heterocycles. The van der Waals surface area contributed by atoms with E-state index in [0.29, 0.717) is 23.8 Å². The predicted octanol–water partition coefficient (Wildman–Crippen LogP) is 3.43. The summed E-state index contributed by atoms with van der Waals surface area (Å²) in [6.45, 7) is 0. The zero-order valence-electron chi connectivity index (χ0n) is 12.3. The lowest BCUT2D eigenvalue weighted by atomic mass is 10.1. The fraction of sp³-hybridized carbons (Fsp3) is 0.412. The number of hydrogen-bond donors (Lipinski definition) is 0. The zero-order chi connectivity index (χ0) is 14.7. The number of hydrogen-bond acceptors (Lipinski definition) is 3. The first-order valence-corrected chi connectivity index (χ1v) is 7.48. The molecule has 4 heteroatoms. The van der Waals surface area contributed by atoms with Crippen LogP contribution in [0.5, 0.6) is 5.75 Å². The third-order valence-electron chi connectivity index (χ3n) is 4.11. The van der Waals surface area contributed by atoms with Gasteiger partial charge in [-0.1, -0.05) is 25.0 Å². The quantitative estimate of drug-likeness (QED) is 0.790. The van der Waals surface area contributed by atoms with Crippen LogP contribution in [0.1, 0.15) is 47.8 Å². The van der Waals surface area contributed by atoms with Gasteiger partial charge < -0.3 is 4.74 Å². The molecule has 110 valence electrons. The van der Waals surface area contributed by atoms with Gasteiger partial charge in [0.15, 0.2) is 5.78 Å².